The quantitative estimate of drug-likeness (QED) is 0.383. The van der Waals surface area contributed by atoms with E-state index in [1.54, 1.807) is 34.0 Å². The fourth-order valence-corrected chi connectivity index (χ4v) is 5.22. The molecule has 2 aliphatic heterocycles. The summed E-state index contributed by atoms with van der Waals surface area (Å²) in [6.45, 7) is 4.88. The number of thiophene rings is 1. The maximum absolute atomic E-state index is 13.4. The van der Waals surface area contributed by atoms with Crippen molar-refractivity contribution in [2.75, 3.05) is 50.4 Å². The molecule has 12 heteroatoms. The number of anilines is 2. The Morgan fingerprint density at radius 2 is 2.02 bits per heavy atom. The van der Waals surface area contributed by atoms with Gasteiger partial charge < -0.3 is 30.2 Å². The van der Waals surface area contributed by atoms with Gasteiger partial charge in [-0.05, 0) is 36.5 Å². The number of carbonyl (C=O) groups excluding carboxylic acids is 2. The molecule has 5 rings (SSSR count). The minimum Gasteiger partial charge on any atom is -0.463 e. The van der Waals surface area contributed by atoms with Gasteiger partial charge in [-0.3, -0.25) is 20.0 Å². The first-order valence-corrected chi connectivity index (χ1v) is 14.5. The molecule has 0 unspecified atom stereocenters. The number of morpholine rings is 1. The van der Waals surface area contributed by atoms with Gasteiger partial charge >= 0.3 is 6.03 Å². The number of nitrogen functional groups attached to an aromatic ring is 1. The van der Waals surface area contributed by atoms with Crippen LogP contribution < -0.4 is 16.4 Å². The highest BCUT2D eigenvalue weighted by molar-refractivity contribution is 7.09. The number of urea groups is 1. The second-order valence-electron chi connectivity index (χ2n) is 9.77. The average Bonchev–Trinajstić information content (AvgIpc) is 3.41. The molecule has 11 nitrogen and oxygen atoms in total. The molecule has 0 aromatic carbocycles. The zero-order chi connectivity index (χ0) is 28.4. The minimum atomic E-state index is -0.351. The zero-order valence-electron chi connectivity index (χ0n) is 22.7. The van der Waals surface area contributed by atoms with Crippen LogP contribution in [0.3, 0.4) is 0 Å². The number of nitrogens with two attached hydrogens (primary N) is 1. The first kappa shape index (κ1) is 28.4. The van der Waals surface area contributed by atoms with Gasteiger partial charge in [-0.25, -0.2) is 4.79 Å². The summed E-state index contributed by atoms with van der Waals surface area (Å²) in [7, 11) is 0. The zero-order valence-corrected chi connectivity index (χ0v) is 23.5. The minimum absolute atomic E-state index is 0.221. The third-order valence-corrected chi connectivity index (χ3v) is 7.56. The SMILES string of the molecule is Nc1cscc1NC(=O)c1ccc(CN(CCCN2CCOCC2)C(=O)NC2=COC=C(C3=CC=CCC3)O2)cn1. The number of hydrogen-bond acceptors (Lipinski definition) is 9. The van der Waals surface area contributed by atoms with Gasteiger partial charge in [0.15, 0.2) is 12.0 Å². The van der Waals surface area contributed by atoms with Crippen LogP contribution in [0.2, 0.25) is 0 Å². The summed E-state index contributed by atoms with van der Waals surface area (Å²) in [4.78, 5) is 34.4. The van der Waals surface area contributed by atoms with E-state index in [9.17, 15) is 9.59 Å². The maximum Gasteiger partial charge on any atom is 0.324 e. The molecule has 1 aliphatic carbocycles. The fraction of sp³-hybridized carbons (Fsp3) is 0.345. The van der Waals surface area contributed by atoms with Crippen LogP contribution in [0, 0.1) is 0 Å². The Morgan fingerprint density at radius 3 is 2.76 bits per heavy atom. The fourth-order valence-electron chi connectivity index (χ4n) is 4.54. The van der Waals surface area contributed by atoms with Crippen LogP contribution in [0.25, 0.3) is 0 Å². The summed E-state index contributed by atoms with van der Waals surface area (Å²) in [5.41, 5.74) is 8.99. The van der Waals surface area contributed by atoms with E-state index in [4.69, 9.17) is 19.9 Å². The van der Waals surface area contributed by atoms with E-state index in [0.29, 0.717) is 30.2 Å². The Morgan fingerprint density at radius 1 is 1.15 bits per heavy atom. The molecule has 2 aromatic heterocycles. The van der Waals surface area contributed by atoms with E-state index in [1.807, 2.05) is 12.2 Å². The molecule has 0 atom stereocenters. The number of rotatable bonds is 10. The Hall–Kier alpha value is -4.13. The van der Waals surface area contributed by atoms with Crippen LogP contribution in [0.4, 0.5) is 16.2 Å². The third-order valence-electron chi connectivity index (χ3n) is 6.79. The van der Waals surface area contributed by atoms with Gasteiger partial charge in [0.25, 0.3) is 5.91 Å². The van der Waals surface area contributed by atoms with Crippen LogP contribution in [-0.4, -0.2) is 66.1 Å². The number of ether oxygens (including phenoxy) is 3. The van der Waals surface area contributed by atoms with Crippen molar-refractivity contribution >= 4 is 34.6 Å². The monoisotopic (exact) mass is 578 g/mol. The summed E-state index contributed by atoms with van der Waals surface area (Å²) in [5, 5.41) is 9.14. The average molecular weight is 579 g/mol. The molecule has 2 aromatic rings. The lowest BCUT2D eigenvalue weighted by Gasteiger charge is -2.29. The van der Waals surface area contributed by atoms with Crippen LogP contribution >= 0.6 is 11.3 Å². The van der Waals surface area contributed by atoms with Gasteiger partial charge in [-0.2, -0.15) is 0 Å². The third kappa shape index (κ3) is 7.97. The predicted octanol–water partition coefficient (Wildman–Crippen LogP) is 4.18. The van der Waals surface area contributed by atoms with Crippen LogP contribution in [0.5, 0.6) is 0 Å². The van der Waals surface area contributed by atoms with E-state index in [2.05, 4.69) is 26.6 Å². The highest BCUT2D eigenvalue weighted by Crippen LogP contribution is 2.26. The topological polar surface area (TPSA) is 131 Å². The molecular weight excluding hydrogens is 544 g/mol. The second-order valence-corrected chi connectivity index (χ2v) is 10.5. The van der Waals surface area contributed by atoms with Crippen LogP contribution in [0.15, 0.2) is 77.1 Å². The predicted molar refractivity (Wildman–Crippen MR) is 157 cm³/mol. The first-order valence-electron chi connectivity index (χ1n) is 13.6. The van der Waals surface area contributed by atoms with Crippen molar-refractivity contribution in [1.29, 1.82) is 0 Å². The van der Waals surface area contributed by atoms with Crippen molar-refractivity contribution in [2.24, 2.45) is 0 Å². The molecule has 0 saturated carbocycles. The van der Waals surface area contributed by atoms with Crippen molar-refractivity contribution in [3.63, 3.8) is 0 Å². The van der Waals surface area contributed by atoms with Gasteiger partial charge in [0, 0.05) is 49.7 Å². The summed E-state index contributed by atoms with van der Waals surface area (Å²) in [6, 6.07) is 3.11. The van der Waals surface area contributed by atoms with Gasteiger partial charge in [-0.1, -0.05) is 24.3 Å². The van der Waals surface area contributed by atoms with Crippen molar-refractivity contribution in [3.05, 3.63) is 88.3 Å². The summed E-state index contributed by atoms with van der Waals surface area (Å²) >= 11 is 1.41. The largest absolute Gasteiger partial charge is 0.463 e. The van der Waals surface area contributed by atoms with Crippen molar-refractivity contribution in [2.45, 2.75) is 25.8 Å². The lowest BCUT2D eigenvalue weighted by molar-refractivity contribution is 0.0364. The molecule has 1 fully saturated rings. The smallest absolute Gasteiger partial charge is 0.324 e. The highest BCUT2D eigenvalue weighted by atomic mass is 32.1. The highest BCUT2D eigenvalue weighted by Gasteiger charge is 2.21. The van der Waals surface area contributed by atoms with E-state index in [1.165, 1.54) is 23.9 Å². The molecule has 3 amide bonds. The number of hydrogen-bond donors (Lipinski definition) is 3. The van der Waals surface area contributed by atoms with Crippen molar-refractivity contribution < 1.29 is 23.8 Å². The lowest BCUT2D eigenvalue weighted by Crippen LogP contribution is -2.42. The Kier molecular flexibility index (Phi) is 9.68. The molecule has 0 bridgehead atoms. The number of carbonyl (C=O) groups is 2. The van der Waals surface area contributed by atoms with E-state index < -0.39 is 0 Å². The van der Waals surface area contributed by atoms with Gasteiger partial charge in [0.05, 0.1) is 24.6 Å². The Balaban J connectivity index is 1.21. The number of aromatic nitrogens is 1. The molecule has 0 radical (unpaired) electrons. The van der Waals surface area contributed by atoms with Crippen molar-refractivity contribution in [3.8, 4) is 0 Å². The normalized spacial score (nSPS) is 16.9. The molecule has 1 saturated heterocycles. The summed E-state index contributed by atoms with van der Waals surface area (Å²) in [6.07, 6.45) is 13.1. The van der Waals surface area contributed by atoms with Crippen LogP contribution in [0.1, 0.15) is 35.3 Å². The van der Waals surface area contributed by atoms with Gasteiger partial charge in [0.1, 0.15) is 12.0 Å². The maximum atomic E-state index is 13.4. The van der Waals surface area contributed by atoms with Gasteiger partial charge in [-0.15, -0.1) is 11.3 Å². The first-order chi connectivity index (χ1) is 20.0. The molecule has 4 heterocycles. The number of pyridine rings is 1. The van der Waals surface area contributed by atoms with E-state index >= 15 is 0 Å². The number of amides is 3. The standard InChI is InChI=1S/C29H34N6O5S/c30-23-19-41-20-25(23)32-28(36)24-8-7-21(15-31-24)16-35(10-4-9-34-11-13-38-14-12-34)29(37)33-27-18-39-17-26(40-27)22-5-2-1-3-6-22/h1-2,5,7-8,15,17-20H,3-4,6,9-14,16,30H2,(H,32,36)(H,33,37). The van der Waals surface area contributed by atoms with Gasteiger partial charge in [0.2, 0.25) is 5.88 Å². The lowest BCUT2D eigenvalue weighted by atomic mass is 10.0. The van der Waals surface area contributed by atoms with E-state index in [0.717, 1.165) is 63.2 Å². The Bertz CT molecular complexity index is 1340. The summed E-state index contributed by atoms with van der Waals surface area (Å²) in [5.74, 6) is 0.447. The van der Waals surface area contributed by atoms with Crippen molar-refractivity contribution in [1.82, 2.24) is 20.1 Å². The summed E-state index contributed by atoms with van der Waals surface area (Å²) < 4.78 is 16.8. The molecular formula is C29H34N6O5S. The molecule has 0 spiro atoms. The molecule has 41 heavy (non-hydrogen) atoms. The Labute approximate surface area is 242 Å². The number of nitrogens with zero attached hydrogens (tertiary/aromatic N) is 3. The second kappa shape index (κ2) is 14.0. The number of allylic oxidation sites excluding steroid dienone is 4. The van der Waals surface area contributed by atoms with E-state index in [-0.39, 0.29) is 23.5 Å². The molecule has 3 aliphatic rings. The van der Waals surface area contributed by atoms with Crippen LogP contribution in [-0.2, 0) is 20.8 Å². The molecule has 216 valence electrons. The number of nitrogens with one attached hydrogen (secondary N) is 2. The molecule has 4 N–H and O–H groups in total.